The molecule has 5 heteroatoms. The van der Waals surface area contributed by atoms with Gasteiger partial charge in [-0.2, -0.15) is 0 Å². The lowest BCUT2D eigenvalue weighted by Crippen LogP contribution is -2.36. The van der Waals surface area contributed by atoms with Crippen molar-refractivity contribution in [2.75, 3.05) is 26.0 Å². The SMILES string of the molecule is COc1cccc(OCC(=O)N2CCSC2C)c1. The molecule has 1 amide bonds. The van der Waals surface area contributed by atoms with Gasteiger partial charge in [-0.15, -0.1) is 11.8 Å². The van der Waals surface area contributed by atoms with Gasteiger partial charge in [0.2, 0.25) is 0 Å². The van der Waals surface area contributed by atoms with Crippen LogP contribution in [0.2, 0.25) is 0 Å². The van der Waals surface area contributed by atoms with Gasteiger partial charge < -0.3 is 14.4 Å². The third kappa shape index (κ3) is 3.10. The van der Waals surface area contributed by atoms with Crippen LogP contribution in [0.4, 0.5) is 0 Å². The van der Waals surface area contributed by atoms with Gasteiger partial charge in [-0.25, -0.2) is 0 Å². The molecule has 4 nitrogen and oxygen atoms in total. The molecule has 1 saturated heterocycles. The molecule has 2 rings (SSSR count). The summed E-state index contributed by atoms with van der Waals surface area (Å²) < 4.78 is 10.6. The second-order valence-corrected chi connectivity index (χ2v) is 5.45. The zero-order valence-corrected chi connectivity index (χ0v) is 11.4. The Morgan fingerprint density at radius 2 is 2.28 bits per heavy atom. The van der Waals surface area contributed by atoms with E-state index in [1.165, 1.54) is 0 Å². The minimum Gasteiger partial charge on any atom is -0.497 e. The van der Waals surface area contributed by atoms with Crippen molar-refractivity contribution in [3.63, 3.8) is 0 Å². The van der Waals surface area contributed by atoms with Crippen LogP contribution in [0, 0.1) is 0 Å². The fraction of sp³-hybridized carbons (Fsp3) is 0.462. The van der Waals surface area contributed by atoms with Crippen molar-refractivity contribution in [1.29, 1.82) is 0 Å². The summed E-state index contributed by atoms with van der Waals surface area (Å²) in [6.45, 7) is 2.94. The number of benzene rings is 1. The Morgan fingerprint density at radius 1 is 1.50 bits per heavy atom. The highest BCUT2D eigenvalue weighted by Gasteiger charge is 2.25. The molecule has 0 bridgehead atoms. The number of hydrogen-bond donors (Lipinski definition) is 0. The number of nitrogens with zero attached hydrogens (tertiary/aromatic N) is 1. The Hall–Kier alpha value is -1.36. The van der Waals surface area contributed by atoms with Crippen molar-refractivity contribution in [1.82, 2.24) is 4.90 Å². The molecule has 1 heterocycles. The van der Waals surface area contributed by atoms with Gasteiger partial charge in [-0.1, -0.05) is 6.07 Å². The molecule has 1 aliphatic rings. The van der Waals surface area contributed by atoms with Crippen molar-refractivity contribution in [2.24, 2.45) is 0 Å². The number of hydrogen-bond acceptors (Lipinski definition) is 4. The fourth-order valence-electron chi connectivity index (χ4n) is 1.84. The molecule has 0 radical (unpaired) electrons. The topological polar surface area (TPSA) is 38.8 Å². The molecular weight excluding hydrogens is 250 g/mol. The van der Waals surface area contributed by atoms with Crippen molar-refractivity contribution >= 4 is 17.7 Å². The van der Waals surface area contributed by atoms with Crippen LogP contribution in [0.5, 0.6) is 11.5 Å². The molecule has 18 heavy (non-hydrogen) atoms. The van der Waals surface area contributed by atoms with Gasteiger partial charge in [0.25, 0.3) is 5.91 Å². The van der Waals surface area contributed by atoms with E-state index in [1.54, 1.807) is 24.9 Å². The molecular formula is C13H17NO3S. The third-order valence-electron chi connectivity index (χ3n) is 2.85. The maximum atomic E-state index is 11.9. The molecule has 0 aliphatic carbocycles. The normalized spacial score (nSPS) is 18.8. The molecule has 0 N–H and O–H groups in total. The van der Waals surface area contributed by atoms with E-state index in [9.17, 15) is 4.79 Å². The minimum atomic E-state index is 0.0373. The van der Waals surface area contributed by atoms with Crippen LogP contribution in [0.25, 0.3) is 0 Å². The second kappa shape index (κ2) is 6.00. The van der Waals surface area contributed by atoms with Crippen molar-refractivity contribution in [2.45, 2.75) is 12.3 Å². The Labute approximate surface area is 111 Å². The first-order valence-electron chi connectivity index (χ1n) is 5.88. The van der Waals surface area contributed by atoms with E-state index >= 15 is 0 Å². The molecule has 1 aromatic carbocycles. The van der Waals surface area contributed by atoms with Gasteiger partial charge in [0.15, 0.2) is 6.61 Å². The standard InChI is InChI=1S/C13H17NO3S/c1-10-14(6-7-18-10)13(15)9-17-12-5-3-4-11(8-12)16-2/h3-5,8,10H,6-7,9H2,1-2H3. The van der Waals surface area contributed by atoms with Gasteiger partial charge in [0.1, 0.15) is 11.5 Å². The monoisotopic (exact) mass is 267 g/mol. The number of ether oxygens (including phenoxy) is 2. The Bertz CT molecular complexity index is 424. The Balaban J connectivity index is 1.88. The van der Waals surface area contributed by atoms with Gasteiger partial charge in [-0.05, 0) is 19.1 Å². The molecule has 98 valence electrons. The molecule has 0 aromatic heterocycles. The molecule has 1 aliphatic heterocycles. The van der Waals surface area contributed by atoms with Crippen LogP contribution in [-0.4, -0.2) is 42.2 Å². The molecule has 0 saturated carbocycles. The van der Waals surface area contributed by atoms with Gasteiger partial charge in [0, 0.05) is 18.4 Å². The van der Waals surface area contributed by atoms with E-state index in [1.807, 2.05) is 30.0 Å². The predicted octanol–water partition coefficient (Wildman–Crippen LogP) is 2.00. The highest BCUT2D eigenvalue weighted by atomic mass is 32.2. The first-order chi connectivity index (χ1) is 8.70. The van der Waals surface area contributed by atoms with Crippen LogP contribution < -0.4 is 9.47 Å². The van der Waals surface area contributed by atoms with E-state index in [0.717, 1.165) is 18.0 Å². The quantitative estimate of drug-likeness (QED) is 0.836. The number of rotatable bonds is 4. The van der Waals surface area contributed by atoms with E-state index in [0.29, 0.717) is 5.75 Å². The summed E-state index contributed by atoms with van der Waals surface area (Å²) in [5, 5.41) is 0.256. The summed E-state index contributed by atoms with van der Waals surface area (Å²) in [5.74, 6) is 2.43. The summed E-state index contributed by atoms with van der Waals surface area (Å²) in [4.78, 5) is 13.8. The lowest BCUT2D eigenvalue weighted by atomic mass is 10.3. The average Bonchev–Trinajstić information content (AvgIpc) is 2.82. The van der Waals surface area contributed by atoms with Crippen molar-refractivity contribution < 1.29 is 14.3 Å². The van der Waals surface area contributed by atoms with E-state index in [4.69, 9.17) is 9.47 Å². The first kappa shape index (κ1) is 13.1. The number of thioether (sulfide) groups is 1. The highest BCUT2D eigenvalue weighted by molar-refractivity contribution is 8.00. The summed E-state index contributed by atoms with van der Waals surface area (Å²) in [7, 11) is 1.60. The Kier molecular flexibility index (Phi) is 4.36. The van der Waals surface area contributed by atoms with E-state index < -0.39 is 0 Å². The number of carbonyl (C=O) groups excluding carboxylic acids is 1. The lowest BCUT2D eigenvalue weighted by Gasteiger charge is -2.20. The largest absolute Gasteiger partial charge is 0.497 e. The van der Waals surface area contributed by atoms with E-state index in [-0.39, 0.29) is 17.9 Å². The van der Waals surface area contributed by atoms with E-state index in [2.05, 4.69) is 0 Å². The summed E-state index contributed by atoms with van der Waals surface area (Å²) >= 11 is 1.79. The maximum absolute atomic E-state index is 11.9. The van der Waals surface area contributed by atoms with Crippen molar-refractivity contribution in [3.05, 3.63) is 24.3 Å². The predicted molar refractivity (Wildman–Crippen MR) is 72.1 cm³/mol. The number of methoxy groups -OCH3 is 1. The molecule has 1 fully saturated rings. The van der Waals surface area contributed by atoms with Gasteiger partial charge >= 0.3 is 0 Å². The summed E-state index contributed by atoms with van der Waals surface area (Å²) in [6.07, 6.45) is 0. The first-order valence-corrected chi connectivity index (χ1v) is 6.93. The van der Waals surface area contributed by atoms with Crippen LogP contribution in [0.3, 0.4) is 0 Å². The highest BCUT2D eigenvalue weighted by Crippen LogP contribution is 2.23. The molecule has 0 spiro atoms. The van der Waals surface area contributed by atoms with Crippen LogP contribution in [0.1, 0.15) is 6.92 Å². The lowest BCUT2D eigenvalue weighted by molar-refractivity contribution is -0.133. The Morgan fingerprint density at radius 3 is 2.94 bits per heavy atom. The zero-order chi connectivity index (χ0) is 13.0. The summed E-state index contributed by atoms with van der Waals surface area (Å²) in [6, 6.07) is 7.27. The average molecular weight is 267 g/mol. The van der Waals surface area contributed by atoms with Gasteiger partial charge in [0.05, 0.1) is 12.5 Å². The minimum absolute atomic E-state index is 0.0373. The van der Waals surface area contributed by atoms with Crippen molar-refractivity contribution in [3.8, 4) is 11.5 Å². The fourth-order valence-corrected chi connectivity index (χ4v) is 2.89. The van der Waals surface area contributed by atoms with Gasteiger partial charge in [-0.3, -0.25) is 4.79 Å². The third-order valence-corrected chi connectivity index (χ3v) is 4.01. The van der Waals surface area contributed by atoms with Crippen LogP contribution in [-0.2, 0) is 4.79 Å². The number of amides is 1. The van der Waals surface area contributed by atoms with Crippen LogP contribution in [0.15, 0.2) is 24.3 Å². The molecule has 1 unspecified atom stereocenters. The smallest absolute Gasteiger partial charge is 0.261 e. The zero-order valence-electron chi connectivity index (χ0n) is 10.6. The van der Waals surface area contributed by atoms with Crippen LogP contribution >= 0.6 is 11.8 Å². The maximum Gasteiger partial charge on any atom is 0.261 e. The molecule has 1 aromatic rings. The second-order valence-electron chi connectivity index (χ2n) is 4.02. The summed E-state index contributed by atoms with van der Waals surface area (Å²) in [5.41, 5.74) is 0. The molecule has 1 atom stereocenters. The number of carbonyl (C=O) groups is 1.